The van der Waals surface area contributed by atoms with Gasteiger partial charge < -0.3 is 10.4 Å². The van der Waals surface area contributed by atoms with Gasteiger partial charge in [0.25, 0.3) is 5.91 Å². The smallest absolute Gasteiger partial charge is 0.337 e. The van der Waals surface area contributed by atoms with Gasteiger partial charge in [-0.25, -0.2) is 9.18 Å². The number of amides is 1. The predicted molar refractivity (Wildman–Crippen MR) is 73.9 cm³/mol. The van der Waals surface area contributed by atoms with Gasteiger partial charge in [0, 0.05) is 7.05 Å². The Hall–Kier alpha value is -2.70. The number of carbonyl (C=O) groups excluding carboxylic acids is 1. The summed E-state index contributed by atoms with van der Waals surface area (Å²) in [5.41, 5.74) is 0.780. The van der Waals surface area contributed by atoms with Crippen molar-refractivity contribution in [3.8, 4) is 0 Å². The van der Waals surface area contributed by atoms with Crippen molar-refractivity contribution in [2.75, 3.05) is 5.32 Å². The number of halogens is 1. The van der Waals surface area contributed by atoms with Gasteiger partial charge in [-0.15, -0.1) is 0 Å². The number of aryl methyl sites for hydroxylation is 2. The van der Waals surface area contributed by atoms with Crippen LogP contribution in [0.1, 0.15) is 33.5 Å². The lowest BCUT2D eigenvalue weighted by atomic mass is 10.1. The van der Waals surface area contributed by atoms with Crippen LogP contribution in [0.15, 0.2) is 24.3 Å². The molecule has 6 nitrogen and oxygen atoms in total. The van der Waals surface area contributed by atoms with E-state index in [0.29, 0.717) is 12.1 Å². The fourth-order valence-corrected chi connectivity index (χ4v) is 1.90. The Kier molecular flexibility index (Phi) is 4.02. The van der Waals surface area contributed by atoms with Crippen LogP contribution in [0, 0.1) is 5.82 Å². The molecule has 2 aromatic rings. The molecule has 2 N–H and O–H groups in total. The van der Waals surface area contributed by atoms with Gasteiger partial charge in [0.1, 0.15) is 11.5 Å². The van der Waals surface area contributed by atoms with Crippen LogP contribution in [0.25, 0.3) is 0 Å². The van der Waals surface area contributed by atoms with Crippen LogP contribution >= 0.6 is 0 Å². The SMILES string of the molecule is CCc1cc(C(=O)Nc2ccc(F)cc2C(=O)O)n(C)n1. The van der Waals surface area contributed by atoms with Crippen LogP contribution in [-0.4, -0.2) is 26.8 Å². The maximum absolute atomic E-state index is 13.1. The van der Waals surface area contributed by atoms with Crippen LogP contribution in [0.2, 0.25) is 0 Å². The number of nitrogens with zero attached hydrogens (tertiary/aromatic N) is 2. The highest BCUT2D eigenvalue weighted by atomic mass is 19.1. The van der Waals surface area contributed by atoms with E-state index in [-0.39, 0.29) is 11.3 Å². The molecule has 0 radical (unpaired) electrons. The zero-order valence-electron chi connectivity index (χ0n) is 11.6. The van der Waals surface area contributed by atoms with Crippen molar-refractivity contribution in [1.82, 2.24) is 9.78 Å². The third-order valence-electron chi connectivity index (χ3n) is 2.99. The average molecular weight is 291 g/mol. The molecule has 1 aromatic carbocycles. The molecule has 1 amide bonds. The van der Waals surface area contributed by atoms with Gasteiger partial charge in [-0.3, -0.25) is 9.48 Å². The summed E-state index contributed by atoms with van der Waals surface area (Å²) in [5.74, 6) is -2.50. The first-order valence-electron chi connectivity index (χ1n) is 6.29. The summed E-state index contributed by atoms with van der Waals surface area (Å²) in [4.78, 5) is 23.2. The Bertz CT molecular complexity index is 709. The summed E-state index contributed by atoms with van der Waals surface area (Å²) < 4.78 is 14.5. The standard InChI is InChI=1S/C14H14FN3O3/c1-3-9-7-12(18(2)17-9)13(19)16-11-5-4-8(15)6-10(11)14(20)21/h4-7H,3H2,1-2H3,(H,16,19)(H,20,21). The molecule has 0 saturated carbocycles. The third kappa shape index (κ3) is 3.07. The van der Waals surface area contributed by atoms with Crippen molar-refractivity contribution in [2.45, 2.75) is 13.3 Å². The molecule has 0 aliphatic heterocycles. The molecule has 2 rings (SSSR count). The summed E-state index contributed by atoms with van der Waals surface area (Å²) in [6.07, 6.45) is 0.679. The van der Waals surface area contributed by atoms with Crippen molar-refractivity contribution in [3.05, 3.63) is 47.0 Å². The minimum Gasteiger partial charge on any atom is -0.478 e. The second kappa shape index (κ2) is 5.74. The molecule has 21 heavy (non-hydrogen) atoms. The quantitative estimate of drug-likeness (QED) is 0.903. The molecule has 1 heterocycles. The number of anilines is 1. The summed E-state index contributed by atoms with van der Waals surface area (Å²) in [6.45, 7) is 1.91. The van der Waals surface area contributed by atoms with Crippen molar-refractivity contribution in [1.29, 1.82) is 0 Å². The van der Waals surface area contributed by atoms with E-state index < -0.39 is 17.7 Å². The van der Waals surface area contributed by atoms with Crippen LogP contribution in [0.4, 0.5) is 10.1 Å². The monoisotopic (exact) mass is 291 g/mol. The van der Waals surface area contributed by atoms with Crippen molar-refractivity contribution in [2.24, 2.45) is 7.05 Å². The number of aromatic nitrogens is 2. The van der Waals surface area contributed by atoms with E-state index in [1.165, 1.54) is 10.7 Å². The largest absolute Gasteiger partial charge is 0.478 e. The minimum atomic E-state index is -1.32. The predicted octanol–water partition coefficient (Wildman–Crippen LogP) is 2.07. The fraction of sp³-hybridized carbons (Fsp3) is 0.214. The maximum Gasteiger partial charge on any atom is 0.337 e. The van der Waals surface area contributed by atoms with Gasteiger partial charge in [-0.2, -0.15) is 5.10 Å². The first kappa shape index (κ1) is 14.7. The van der Waals surface area contributed by atoms with Crippen LogP contribution in [0.5, 0.6) is 0 Å². The molecule has 7 heteroatoms. The first-order valence-corrected chi connectivity index (χ1v) is 6.29. The number of hydrogen-bond acceptors (Lipinski definition) is 3. The molecule has 0 bridgehead atoms. The van der Waals surface area contributed by atoms with E-state index in [4.69, 9.17) is 5.11 Å². The van der Waals surface area contributed by atoms with E-state index in [1.54, 1.807) is 13.1 Å². The van der Waals surface area contributed by atoms with Crippen LogP contribution < -0.4 is 5.32 Å². The molecule has 0 unspecified atom stereocenters. The molecule has 110 valence electrons. The molecule has 1 aromatic heterocycles. The van der Waals surface area contributed by atoms with Gasteiger partial charge in [-0.05, 0) is 30.7 Å². The van der Waals surface area contributed by atoms with Crippen molar-refractivity contribution < 1.29 is 19.1 Å². The summed E-state index contributed by atoms with van der Waals surface area (Å²) in [5, 5.41) is 15.6. The van der Waals surface area contributed by atoms with Gasteiger partial charge in [0.05, 0.1) is 16.9 Å². The minimum absolute atomic E-state index is 0.0353. The lowest BCUT2D eigenvalue weighted by molar-refractivity contribution is 0.0697. The number of aromatic carboxylic acids is 1. The first-order chi connectivity index (χ1) is 9.92. The molecule has 0 fully saturated rings. The second-order valence-corrected chi connectivity index (χ2v) is 4.45. The van der Waals surface area contributed by atoms with Crippen LogP contribution in [0.3, 0.4) is 0 Å². The molecule has 0 atom stereocenters. The molecular weight excluding hydrogens is 277 g/mol. The summed E-state index contributed by atoms with van der Waals surface area (Å²) >= 11 is 0. The molecule has 0 spiro atoms. The topological polar surface area (TPSA) is 84.2 Å². The number of hydrogen-bond donors (Lipinski definition) is 2. The number of carboxylic acid groups (broad SMARTS) is 1. The van der Waals surface area contributed by atoms with Crippen molar-refractivity contribution >= 4 is 17.6 Å². The lowest BCUT2D eigenvalue weighted by Gasteiger charge is -2.08. The van der Waals surface area contributed by atoms with Gasteiger partial charge in [-0.1, -0.05) is 6.92 Å². The highest BCUT2D eigenvalue weighted by Gasteiger charge is 2.17. The van der Waals surface area contributed by atoms with Gasteiger partial charge >= 0.3 is 5.97 Å². The van der Waals surface area contributed by atoms with Gasteiger partial charge in [0.15, 0.2) is 0 Å². The fourth-order valence-electron chi connectivity index (χ4n) is 1.90. The number of nitrogens with one attached hydrogen (secondary N) is 1. The van der Waals surface area contributed by atoms with E-state index in [0.717, 1.165) is 17.8 Å². The Labute approximate surface area is 120 Å². The summed E-state index contributed by atoms with van der Waals surface area (Å²) in [7, 11) is 1.62. The Morgan fingerprint density at radius 3 is 2.67 bits per heavy atom. The zero-order valence-corrected chi connectivity index (χ0v) is 11.6. The van der Waals surface area contributed by atoms with Crippen molar-refractivity contribution in [3.63, 3.8) is 0 Å². The number of carbonyl (C=O) groups is 2. The highest BCUT2D eigenvalue weighted by Crippen LogP contribution is 2.18. The number of benzene rings is 1. The van der Waals surface area contributed by atoms with Crippen LogP contribution in [-0.2, 0) is 13.5 Å². The number of rotatable bonds is 4. The highest BCUT2D eigenvalue weighted by molar-refractivity contribution is 6.06. The van der Waals surface area contributed by atoms with E-state index in [9.17, 15) is 14.0 Å². The normalized spacial score (nSPS) is 10.4. The third-order valence-corrected chi connectivity index (χ3v) is 2.99. The summed E-state index contributed by atoms with van der Waals surface area (Å²) in [6, 6.07) is 4.79. The Morgan fingerprint density at radius 1 is 1.38 bits per heavy atom. The maximum atomic E-state index is 13.1. The van der Waals surface area contributed by atoms with E-state index in [2.05, 4.69) is 10.4 Å². The van der Waals surface area contributed by atoms with Gasteiger partial charge in [0.2, 0.25) is 0 Å². The Balaban J connectivity index is 2.31. The molecule has 0 aliphatic rings. The van der Waals surface area contributed by atoms with E-state index in [1.807, 2.05) is 6.92 Å². The second-order valence-electron chi connectivity index (χ2n) is 4.45. The molecular formula is C14H14FN3O3. The average Bonchev–Trinajstić information content (AvgIpc) is 2.82. The zero-order chi connectivity index (χ0) is 15.6. The molecule has 0 saturated heterocycles. The number of carboxylic acids is 1. The Morgan fingerprint density at radius 2 is 2.10 bits per heavy atom. The molecule has 0 aliphatic carbocycles. The lowest BCUT2D eigenvalue weighted by Crippen LogP contribution is -2.18. The van der Waals surface area contributed by atoms with E-state index >= 15 is 0 Å².